The summed E-state index contributed by atoms with van der Waals surface area (Å²) in [4.78, 5) is 24.9. The zero-order valence-corrected chi connectivity index (χ0v) is 19.6. The second kappa shape index (κ2) is 9.84. The summed E-state index contributed by atoms with van der Waals surface area (Å²) >= 11 is 0. The highest BCUT2D eigenvalue weighted by Gasteiger charge is 2.23. The smallest absolute Gasteiger partial charge is 0.335 e. The molecule has 0 bridgehead atoms. The minimum absolute atomic E-state index is 0.00200. The number of hydrogen-bond acceptors (Lipinski definition) is 5. The number of hydrogen-bond donors (Lipinski definition) is 1. The third kappa shape index (κ3) is 4.87. The van der Waals surface area contributed by atoms with E-state index < -0.39 is 5.97 Å². The van der Waals surface area contributed by atoms with Crippen LogP contribution in [0.1, 0.15) is 88.1 Å². The van der Waals surface area contributed by atoms with Crippen molar-refractivity contribution in [3.8, 4) is 0 Å². The molecule has 1 aromatic heterocycles. The fourth-order valence-corrected chi connectivity index (χ4v) is 4.02. The van der Waals surface area contributed by atoms with E-state index in [2.05, 4.69) is 0 Å². The zero-order valence-electron chi connectivity index (χ0n) is 19.6. The van der Waals surface area contributed by atoms with Gasteiger partial charge in [0.25, 0.3) is 0 Å². The molecule has 172 valence electrons. The molecule has 0 aliphatic carbocycles. The van der Waals surface area contributed by atoms with Gasteiger partial charge in [0, 0.05) is 5.56 Å². The SMILES string of the molecule is CCC(OC(C)C)c1cc(C(CC)OC(C)C)c2oc3ccc(C(=O)O)cc3c(=O)c2c1. The van der Waals surface area contributed by atoms with Gasteiger partial charge < -0.3 is 19.0 Å². The van der Waals surface area contributed by atoms with Crippen LogP contribution in [-0.2, 0) is 9.47 Å². The Balaban J connectivity index is 2.37. The molecule has 2 aromatic carbocycles. The van der Waals surface area contributed by atoms with Crippen LogP contribution in [0.5, 0.6) is 0 Å². The second-order valence-electron chi connectivity index (χ2n) is 8.60. The maximum absolute atomic E-state index is 13.5. The number of carbonyl (C=O) groups is 1. The van der Waals surface area contributed by atoms with Crippen molar-refractivity contribution in [1.29, 1.82) is 0 Å². The summed E-state index contributed by atoms with van der Waals surface area (Å²) in [6, 6.07) is 8.20. The lowest BCUT2D eigenvalue weighted by molar-refractivity contribution is 0.00107. The van der Waals surface area contributed by atoms with Crippen molar-refractivity contribution in [3.05, 3.63) is 57.2 Å². The molecule has 0 spiro atoms. The number of aromatic carboxylic acids is 1. The first-order chi connectivity index (χ1) is 15.2. The first kappa shape index (κ1) is 24.0. The maximum Gasteiger partial charge on any atom is 0.335 e. The number of carboxylic acids is 1. The lowest BCUT2D eigenvalue weighted by atomic mass is 9.95. The van der Waals surface area contributed by atoms with Crippen LogP contribution in [0, 0.1) is 0 Å². The van der Waals surface area contributed by atoms with E-state index in [-0.39, 0.29) is 40.8 Å². The molecule has 0 aliphatic heterocycles. The fraction of sp³-hybridized carbons (Fsp3) is 0.462. The minimum atomic E-state index is -1.09. The highest BCUT2D eigenvalue weighted by molar-refractivity contribution is 5.96. The molecule has 1 heterocycles. The van der Waals surface area contributed by atoms with Gasteiger partial charge in [0.15, 0.2) is 0 Å². The zero-order chi connectivity index (χ0) is 23.6. The highest BCUT2D eigenvalue weighted by atomic mass is 16.5. The standard InChI is InChI=1S/C26H32O6/c1-7-21(30-14(3)4)17-12-19(22(8-2)31-15(5)6)25-20(13-17)24(27)18-11-16(26(28)29)9-10-23(18)32-25/h9-15,21-22H,7-8H2,1-6H3,(H,28,29). The topological polar surface area (TPSA) is 86.0 Å². The first-order valence-corrected chi connectivity index (χ1v) is 11.2. The summed E-state index contributed by atoms with van der Waals surface area (Å²) in [6.07, 6.45) is 1.03. The Kier molecular flexibility index (Phi) is 7.36. The number of fused-ring (bicyclic) bond motifs is 2. The third-order valence-corrected chi connectivity index (χ3v) is 5.40. The molecular formula is C26H32O6. The van der Waals surface area contributed by atoms with E-state index in [0.29, 0.717) is 23.0 Å². The molecule has 6 heteroatoms. The van der Waals surface area contributed by atoms with Crippen LogP contribution < -0.4 is 5.43 Å². The van der Waals surface area contributed by atoms with Gasteiger partial charge in [-0.15, -0.1) is 0 Å². The minimum Gasteiger partial charge on any atom is -0.478 e. The van der Waals surface area contributed by atoms with Crippen molar-refractivity contribution >= 4 is 27.9 Å². The number of carboxylic acid groups (broad SMARTS) is 1. The van der Waals surface area contributed by atoms with Crippen molar-refractivity contribution in [2.75, 3.05) is 0 Å². The molecule has 0 saturated carbocycles. The Morgan fingerprint density at radius 3 is 2.12 bits per heavy atom. The molecule has 0 aliphatic rings. The summed E-state index contributed by atoms with van der Waals surface area (Å²) in [5, 5.41) is 10.0. The van der Waals surface area contributed by atoms with E-state index in [0.717, 1.165) is 17.5 Å². The van der Waals surface area contributed by atoms with E-state index in [1.165, 1.54) is 18.2 Å². The summed E-state index contributed by atoms with van der Waals surface area (Å²) < 4.78 is 18.5. The van der Waals surface area contributed by atoms with Gasteiger partial charge in [0.2, 0.25) is 5.43 Å². The largest absolute Gasteiger partial charge is 0.478 e. The summed E-state index contributed by atoms with van der Waals surface area (Å²) in [7, 11) is 0. The van der Waals surface area contributed by atoms with Crippen LogP contribution in [-0.4, -0.2) is 23.3 Å². The van der Waals surface area contributed by atoms with Gasteiger partial charge in [0.05, 0.1) is 40.8 Å². The van der Waals surface area contributed by atoms with E-state index >= 15 is 0 Å². The molecule has 32 heavy (non-hydrogen) atoms. The highest BCUT2D eigenvalue weighted by Crippen LogP contribution is 2.35. The van der Waals surface area contributed by atoms with E-state index in [9.17, 15) is 14.7 Å². The molecule has 3 aromatic rings. The molecule has 1 N–H and O–H groups in total. The maximum atomic E-state index is 13.5. The number of rotatable bonds is 9. The normalized spacial score (nSPS) is 13.9. The van der Waals surface area contributed by atoms with Crippen molar-refractivity contribution in [2.45, 2.75) is 78.8 Å². The van der Waals surface area contributed by atoms with E-state index in [4.69, 9.17) is 13.9 Å². The predicted octanol–water partition coefficient (Wildman–Crippen LogP) is 6.40. The fourth-order valence-electron chi connectivity index (χ4n) is 4.02. The first-order valence-electron chi connectivity index (χ1n) is 11.2. The van der Waals surface area contributed by atoms with Crippen molar-refractivity contribution in [1.82, 2.24) is 0 Å². The molecule has 0 fully saturated rings. The molecule has 0 saturated heterocycles. The van der Waals surface area contributed by atoms with Gasteiger partial charge >= 0.3 is 5.97 Å². The Labute approximate surface area is 188 Å². The van der Waals surface area contributed by atoms with Crippen LogP contribution >= 0.6 is 0 Å². The van der Waals surface area contributed by atoms with Crippen LogP contribution in [0.25, 0.3) is 21.9 Å². The molecule has 2 unspecified atom stereocenters. The van der Waals surface area contributed by atoms with Crippen LogP contribution in [0.4, 0.5) is 0 Å². The van der Waals surface area contributed by atoms with E-state index in [1.807, 2.05) is 53.7 Å². The van der Waals surface area contributed by atoms with Crippen LogP contribution in [0.2, 0.25) is 0 Å². The Morgan fingerprint density at radius 2 is 1.56 bits per heavy atom. The molecule has 3 rings (SSSR count). The Bertz CT molecular complexity index is 1170. The van der Waals surface area contributed by atoms with Gasteiger partial charge in [-0.25, -0.2) is 4.79 Å². The molecule has 0 amide bonds. The lowest BCUT2D eigenvalue weighted by Gasteiger charge is -2.24. The van der Waals surface area contributed by atoms with Crippen LogP contribution in [0.15, 0.2) is 39.5 Å². The molecule has 2 atom stereocenters. The average molecular weight is 441 g/mol. The summed E-state index contributed by atoms with van der Waals surface area (Å²) in [6.45, 7) is 12.0. The summed E-state index contributed by atoms with van der Waals surface area (Å²) in [5.74, 6) is -1.09. The second-order valence-corrected chi connectivity index (χ2v) is 8.60. The Morgan fingerprint density at radius 1 is 0.938 bits per heavy atom. The molecular weight excluding hydrogens is 408 g/mol. The monoisotopic (exact) mass is 440 g/mol. The van der Waals surface area contributed by atoms with Gasteiger partial charge in [-0.3, -0.25) is 4.79 Å². The van der Waals surface area contributed by atoms with Crippen molar-refractivity contribution < 1.29 is 23.8 Å². The predicted molar refractivity (Wildman–Crippen MR) is 125 cm³/mol. The van der Waals surface area contributed by atoms with Gasteiger partial charge in [0.1, 0.15) is 11.2 Å². The lowest BCUT2D eigenvalue weighted by Crippen LogP contribution is -2.15. The third-order valence-electron chi connectivity index (χ3n) is 5.40. The Hall–Kier alpha value is -2.70. The molecule has 0 radical (unpaired) electrons. The van der Waals surface area contributed by atoms with Crippen LogP contribution in [0.3, 0.4) is 0 Å². The van der Waals surface area contributed by atoms with Gasteiger partial charge in [-0.2, -0.15) is 0 Å². The number of benzene rings is 2. The van der Waals surface area contributed by atoms with Crippen molar-refractivity contribution in [2.24, 2.45) is 0 Å². The summed E-state index contributed by atoms with van der Waals surface area (Å²) in [5.41, 5.74) is 2.31. The number of ether oxygens (including phenoxy) is 2. The quantitative estimate of drug-likeness (QED) is 0.388. The molecule has 6 nitrogen and oxygen atoms in total. The van der Waals surface area contributed by atoms with Crippen molar-refractivity contribution in [3.63, 3.8) is 0 Å². The average Bonchev–Trinajstić information content (AvgIpc) is 2.75. The van der Waals surface area contributed by atoms with Gasteiger partial charge in [-0.05, 0) is 76.4 Å². The van der Waals surface area contributed by atoms with E-state index in [1.54, 1.807) is 0 Å². The van der Waals surface area contributed by atoms with Gasteiger partial charge in [-0.1, -0.05) is 13.8 Å².